The molecule has 2 rings (SSSR count). The SMILES string of the molecule is CCN(c1cc(NC(C)=O)c(N=Nc2ncc([N+](=O)[O-])s2)cc1OC)C(C)C. The molecule has 150 valence electrons. The van der Waals surface area contributed by atoms with Gasteiger partial charge in [0.05, 0.1) is 23.4 Å². The maximum absolute atomic E-state index is 11.6. The van der Waals surface area contributed by atoms with Gasteiger partial charge in [0.1, 0.15) is 17.6 Å². The Bertz CT molecular complexity index is 896. The Morgan fingerprint density at radius 3 is 2.64 bits per heavy atom. The van der Waals surface area contributed by atoms with Gasteiger partial charge in [-0.15, -0.1) is 10.2 Å². The predicted octanol–water partition coefficient (Wildman–Crippen LogP) is 4.67. The highest BCUT2D eigenvalue weighted by Gasteiger charge is 2.18. The van der Waals surface area contributed by atoms with E-state index in [4.69, 9.17) is 4.74 Å². The molecule has 0 aliphatic rings. The fourth-order valence-electron chi connectivity index (χ4n) is 2.62. The summed E-state index contributed by atoms with van der Waals surface area (Å²) < 4.78 is 5.51. The van der Waals surface area contributed by atoms with Crippen LogP contribution in [0.4, 0.5) is 27.2 Å². The Labute approximate surface area is 166 Å². The second kappa shape index (κ2) is 9.22. The molecule has 1 heterocycles. The van der Waals surface area contributed by atoms with E-state index in [9.17, 15) is 14.9 Å². The van der Waals surface area contributed by atoms with Crippen LogP contribution in [0.25, 0.3) is 0 Å². The van der Waals surface area contributed by atoms with Gasteiger partial charge in [0, 0.05) is 25.6 Å². The molecule has 2 aromatic rings. The highest BCUT2D eigenvalue weighted by Crippen LogP contribution is 2.40. The standard InChI is InChI=1S/C17H22N6O4S/c1-6-22(10(2)3)14-7-12(19-11(4)24)13(8-15(14)27-5)20-21-17-18-9-16(28-17)23(25)26/h7-10H,6H2,1-5H3,(H,19,24). The van der Waals surface area contributed by atoms with Gasteiger partial charge in [0.25, 0.3) is 0 Å². The number of hydrogen-bond acceptors (Lipinski definition) is 9. The third-order valence-corrected chi connectivity index (χ3v) is 4.62. The van der Waals surface area contributed by atoms with Crippen LogP contribution in [0, 0.1) is 10.1 Å². The lowest BCUT2D eigenvalue weighted by Crippen LogP contribution is -2.30. The Kier molecular flexibility index (Phi) is 6.99. The quantitative estimate of drug-likeness (QED) is 0.386. The van der Waals surface area contributed by atoms with Crippen molar-refractivity contribution < 1.29 is 14.5 Å². The zero-order valence-electron chi connectivity index (χ0n) is 16.3. The molecule has 0 saturated carbocycles. The number of anilines is 2. The van der Waals surface area contributed by atoms with Gasteiger partial charge in [0.2, 0.25) is 11.0 Å². The summed E-state index contributed by atoms with van der Waals surface area (Å²) in [5.41, 5.74) is 1.62. The highest BCUT2D eigenvalue weighted by molar-refractivity contribution is 7.18. The first-order chi connectivity index (χ1) is 13.3. The smallest absolute Gasteiger partial charge is 0.345 e. The molecule has 1 N–H and O–H groups in total. The van der Waals surface area contributed by atoms with Gasteiger partial charge in [-0.05, 0) is 38.2 Å². The number of amides is 1. The van der Waals surface area contributed by atoms with Crippen LogP contribution in [0.2, 0.25) is 0 Å². The molecule has 11 heteroatoms. The second-order valence-corrected chi connectivity index (χ2v) is 7.03. The first-order valence-electron chi connectivity index (χ1n) is 8.55. The summed E-state index contributed by atoms with van der Waals surface area (Å²) in [6.07, 6.45) is 1.12. The van der Waals surface area contributed by atoms with Crippen LogP contribution in [0.5, 0.6) is 5.75 Å². The molecule has 0 spiro atoms. The van der Waals surface area contributed by atoms with Crippen LogP contribution in [0.1, 0.15) is 27.7 Å². The van der Waals surface area contributed by atoms with E-state index in [1.807, 2.05) is 6.92 Å². The molecule has 0 aliphatic carbocycles. The number of nitrogens with zero attached hydrogens (tertiary/aromatic N) is 5. The van der Waals surface area contributed by atoms with Gasteiger partial charge in [-0.25, -0.2) is 4.98 Å². The van der Waals surface area contributed by atoms with Crippen molar-refractivity contribution in [3.63, 3.8) is 0 Å². The molecule has 0 saturated heterocycles. The summed E-state index contributed by atoms with van der Waals surface area (Å²) in [4.78, 5) is 27.8. The number of rotatable bonds is 8. The minimum absolute atomic E-state index is 0.125. The fourth-order valence-corrected chi connectivity index (χ4v) is 3.17. The van der Waals surface area contributed by atoms with Crippen LogP contribution in [0.15, 0.2) is 28.6 Å². The molecular weight excluding hydrogens is 384 g/mol. The maximum Gasteiger partial charge on any atom is 0.345 e. The zero-order chi connectivity index (χ0) is 20.8. The highest BCUT2D eigenvalue weighted by atomic mass is 32.1. The van der Waals surface area contributed by atoms with E-state index in [2.05, 4.69) is 39.3 Å². The topological polar surface area (TPSA) is 122 Å². The van der Waals surface area contributed by atoms with Crippen LogP contribution in [0.3, 0.4) is 0 Å². The molecule has 10 nitrogen and oxygen atoms in total. The minimum atomic E-state index is -0.539. The van der Waals surface area contributed by atoms with Gasteiger partial charge < -0.3 is 15.0 Å². The van der Waals surface area contributed by atoms with Crippen LogP contribution < -0.4 is 15.0 Å². The van der Waals surface area contributed by atoms with Gasteiger partial charge in [-0.3, -0.25) is 14.9 Å². The van der Waals surface area contributed by atoms with Crippen molar-refractivity contribution in [2.45, 2.75) is 33.7 Å². The van der Waals surface area contributed by atoms with Crippen molar-refractivity contribution in [1.29, 1.82) is 0 Å². The Morgan fingerprint density at radius 1 is 1.43 bits per heavy atom. The van der Waals surface area contributed by atoms with E-state index >= 15 is 0 Å². The lowest BCUT2D eigenvalue weighted by molar-refractivity contribution is -0.380. The van der Waals surface area contributed by atoms with Crippen molar-refractivity contribution in [2.75, 3.05) is 23.9 Å². The third-order valence-electron chi connectivity index (χ3n) is 3.79. The van der Waals surface area contributed by atoms with Crippen molar-refractivity contribution >= 4 is 44.4 Å². The number of azo groups is 1. The molecule has 1 amide bonds. The summed E-state index contributed by atoms with van der Waals surface area (Å²) in [6.45, 7) is 8.29. The van der Waals surface area contributed by atoms with Crippen molar-refractivity contribution in [3.05, 3.63) is 28.4 Å². The summed E-state index contributed by atoms with van der Waals surface area (Å²) >= 11 is 0.808. The number of nitro groups is 1. The van der Waals surface area contributed by atoms with Gasteiger partial charge >= 0.3 is 5.00 Å². The monoisotopic (exact) mass is 406 g/mol. The number of benzene rings is 1. The van der Waals surface area contributed by atoms with E-state index in [0.717, 1.165) is 29.8 Å². The predicted molar refractivity (Wildman–Crippen MR) is 108 cm³/mol. The number of ether oxygens (including phenoxy) is 1. The molecule has 0 unspecified atom stereocenters. The van der Waals surface area contributed by atoms with Crippen molar-refractivity contribution in [2.24, 2.45) is 10.2 Å². The molecule has 0 aliphatic heterocycles. The number of thiazole rings is 1. The Balaban J connectivity index is 2.50. The van der Waals surface area contributed by atoms with Gasteiger partial charge in [-0.2, -0.15) is 0 Å². The van der Waals surface area contributed by atoms with E-state index in [1.165, 1.54) is 6.92 Å². The fraction of sp³-hybridized carbons (Fsp3) is 0.412. The molecule has 28 heavy (non-hydrogen) atoms. The second-order valence-electron chi connectivity index (χ2n) is 6.04. The van der Waals surface area contributed by atoms with Crippen LogP contribution in [-0.4, -0.2) is 35.5 Å². The number of nitrogens with one attached hydrogen (secondary N) is 1. The van der Waals surface area contributed by atoms with Gasteiger partial charge in [-0.1, -0.05) is 0 Å². The third kappa shape index (κ3) is 5.00. The summed E-state index contributed by atoms with van der Waals surface area (Å²) in [5, 5.41) is 21.6. The maximum atomic E-state index is 11.6. The Morgan fingerprint density at radius 2 is 2.14 bits per heavy atom. The molecule has 0 radical (unpaired) electrons. The summed E-state index contributed by atoms with van der Waals surface area (Å²) in [5.74, 6) is 0.314. The minimum Gasteiger partial charge on any atom is -0.494 e. The molecule has 1 aromatic carbocycles. The summed E-state index contributed by atoms with van der Waals surface area (Å²) in [7, 11) is 1.55. The zero-order valence-corrected chi connectivity index (χ0v) is 17.1. The number of hydrogen-bond donors (Lipinski definition) is 1. The van der Waals surface area contributed by atoms with Crippen LogP contribution in [-0.2, 0) is 4.79 Å². The van der Waals surface area contributed by atoms with E-state index in [-0.39, 0.29) is 22.1 Å². The first-order valence-corrected chi connectivity index (χ1v) is 9.36. The first kappa shape index (κ1) is 21.2. The molecule has 0 atom stereocenters. The normalized spacial score (nSPS) is 11.1. The Hall–Kier alpha value is -3.08. The number of methoxy groups -OCH3 is 1. The number of aromatic nitrogens is 1. The van der Waals surface area contributed by atoms with Crippen molar-refractivity contribution in [1.82, 2.24) is 4.98 Å². The average molecular weight is 406 g/mol. The van der Waals surface area contributed by atoms with E-state index in [0.29, 0.717) is 17.1 Å². The van der Waals surface area contributed by atoms with Gasteiger partial charge in [0.15, 0.2) is 0 Å². The molecule has 0 fully saturated rings. The largest absolute Gasteiger partial charge is 0.494 e. The van der Waals surface area contributed by atoms with Crippen molar-refractivity contribution in [3.8, 4) is 5.75 Å². The lowest BCUT2D eigenvalue weighted by atomic mass is 10.1. The number of carbonyl (C=O) groups is 1. The van der Waals surface area contributed by atoms with E-state index < -0.39 is 4.92 Å². The molecule has 1 aromatic heterocycles. The summed E-state index contributed by atoms with van der Waals surface area (Å²) in [6, 6.07) is 3.66. The number of carbonyl (C=O) groups excluding carboxylic acids is 1. The average Bonchev–Trinajstić information content (AvgIpc) is 3.10. The van der Waals surface area contributed by atoms with Crippen LogP contribution >= 0.6 is 11.3 Å². The lowest BCUT2D eigenvalue weighted by Gasteiger charge is -2.29. The van der Waals surface area contributed by atoms with E-state index in [1.54, 1.807) is 19.2 Å². The molecular formula is C17H22N6O4S. The molecule has 0 bridgehead atoms.